The standard InChI is InChI=1S/C25H40O4S2Si/c1-24(2,3)28-21-19(17-26-16-18-13-11-10-12-14-18)15-20(22(21)27-23(30)31-7)29-32(8,9)25(4,5)6/h10-15,20-22H,16-17H2,1-9H3/t20-,21+,22+/m0/s1. The molecule has 32 heavy (non-hydrogen) atoms. The van der Waals surface area contributed by atoms with Crippen LogP contribution in [0.15, 0.2) is 42.0 Å². The highest BCUT2D eigenvalue weighted by Crippen LogP contribution is 2.41. The average molecular weight is 497 g/mol. The molecule has 1 aliphatic rings. The van der Waals surface area contributed by atoms with E-state index < -0.39 is 8.32 Å². The van der Waals surface area contributed by atoms with Crippen LogP contribution in [0, 0.1) is 0 Å². The van der Waals surface area contributed by atoms with Crippen molar-refractivity contribution >= 4 is 36.7 Å². The largest absolute Gasteiger partial charge is 0.469 e. The molecule has 0 radical (unpaired) electrons. The fraction of sp³-hybridized carbons (Fsp3) is 0.640. The lowest BCUT2D eigenvalue weighted by Gasteiger charge is -2.40. The summed E-state index contributed by atoms with van der Waals surface area (Å²) in [5.41, 5.74) is 1.84. The van der Waals surface area contributed by atoms with Crippen molar-refractivity contribution in [2.24, 2.45) is 0 Å². The fourth-order valence-corrected chi connectivity index (χ4v) is 4.76. The highest BCUT2D eigenvalue weighted by molar-refractivity contribution is 8.22. The van der Waals surface area contributed by atoms with E-state index in [1.807, 2.05) is 24.5 Å². The molecule has 0 fully saturated rings. The molecule has 0 bridgehead atoms. The van der Waals surface area contributed by atoms with E-state index in [0.717, 1.165) is 11.1 Å². The SMILES string of the molecule is CSC(=S)O[C@@H]1[C@@H](O[Si](C)(C)C(C)(C)C)C=C(COCc2ccccc2)[C@H]1OC(C)(C)C. The highest BCUT2D eigenvalue weighted by Gasteiger charge is 2.47. The van der Waals surface area contributed by atoms with Crippen LogP contribution in [-0.2, 0) is 25.2 Å². The Hall–Kier alpha value is -0.703. The minimum Gasteiger partial charge on any atom is -0.469 e. The molecule has 180 valence electrons. The van der Waals surface area contributed by atoms with Crippen molar-refractivity contribution < 1.29 is 18.6 Å². The summed E-state index contributed by atoms with van der Waals surface area (Å²) in [6, 6.07) is 10.2. The Morgan fingerprint density at radius 3 is 2.19 bits per heavy atom. The van der Waals surface area contributed by atoms with Crippen LogP contribution in [0.3, 0.4) is 0 Å². The van der Waals surface area contributed by atoms with Gasteiger partial charge < -0.3 is 18.6 Å². The number of hydrogen-bond acceptors (Lipinski definition) is 6. The van der Waals surface area contributed by atoms with Crippen molar-refractivity contribution in [1.82, 2.24) is 0 Å². The third-order valence-corrected chi connectivity index (χ3v) is 11.4. The Labute approximate surface area is 205 Å². The number of ether oxygens (including phenoxy) is 3. The Kier molecular flexibility index (Phi) is 9.59. The topological polar surface area (TPSA) is 36.9 Å². The van der Waals surface area contributed by atoms with Gasteiger partial charge in [0.15, 0.2) is 14.4 Å². The van der Waals surface area contributed by atoms with E-state index >= 15 is 0 Å². The van der Waals surface area contributed by atoms with Gasteiger partial charge in [0.1, 0.15) is 12.2 Å². The minimum absolute atomic E-state index is 0.0817. The lowest BCUT2D eigenvalue weighted by Crippen LogP contribution is -2.49. The molecule has 1 aliphatic carbocycles. The van der Waals surface area contributed by atoms with Gasteiger partial charge in [-0.25, -0.2) is 0 Å². The first-order chi connectivity index (χ1) is 14.7. The van der Waals surface area contributed by atoms with Gasteiger partial charge in [-0.15, -0.1) is 0 Å². The Balaban J connectivity index is 2.28. The molecule has 0 amide bonds. The van der Waals surface area contributed by atoms with Crippen LogP contribution in [-0.4, -0.2) is 49.5 Å². The monoisotopic (exact) mass is 496 g/mol. The first kappa shape index (κ1) is 27.5. The quantitative estimate of drug-likeness (QED) is 0.225. The van der Waals surface area contributed by atoms with Gasteiger partial charge in [-0.1, -0.05) is 62.9 Å². The summed E-state index contributed by atoms with van der Waals surface area (Å²) in [5.74, 6) is 0. The van der Waals surface area contributed by atoms with Gasteiger partial charge in [0.2, 0.25) is 4.38 Å². The third-order valence-electron chi connectivity index (χ3n) is 5.86. The van der Waals surface area contributed by atoms with Gasteiger partial charge in [0.05, 0.1) is 18.8 Å². The van der Waals surface area contributed by atoms with Gasteiger partial charge in [0.25, 0.3) is 0 Å². The first-order valence-corrected chi connectivity index (χ1v) is 15.7. The third kappa shape index (κ3) is 7.96. The minimum atomic E-state index is -2.05. The number of thioether (sulfide) groups is 1. The van der Waals surface area contributed by atoms with Gasteiger partial charge in [-0.2, -0.15) is 0 Å². The van der Waals surface area contributed by atoms with Crippen molar-refractivity contribution in [3.63, 3.8) is 0 Å². The lowest BCUT2D eigenvalue weighted by molar-refractivity contribution is -0.101. The van der Waals surface area contributed by atoms with E-state index in [1.54, 1.807) is 0 Å². The van der Waals surface area contributed by atoms with Gasteiger partial charge >= 0.3 is 0 Å². The van der Waals surface area contributed by atoms with E-state index in [4.69, 9.17) is 30.9 Å². The molecule has 1 aromatic rings. The highest BCUT2D eigenvalue weighted by atomic mass is 32.2. The van der Waals surface area contributed by atoms with E-state index in [-0.39, 0.29) is 29.0 Å². The second kappa shape index (κ2) is 11.1. The van der Waals surface area contributed by atoms with Crippen LogP contribution < -0.4 is 0 Å². The van der Waals surface area contributed by atoms with E-state index in [1.165, 1.54) is 11.8 Å². The van der Waals surface area contributed by atoms with Crippen LogP contribution in [0.25, 0.3) is 0 Å². The molecular formula is C25H40O4S2Si. The first-order valence-electron chi connectivity index (χ1n) is 11.2. The molecule has 0 saturated heterocycles. The summed E-state index contributed by atoms with van der Waals surface area (Å²) in [7, 11) is -2.05. The molecule has 0 spiro atoms. The van der Waals surface area contributed by atoms with E-state index in [0.29, 0.717) is 17.6 Å². The molecule has 0 aliphatic heterocycles. The molecule has 7 heteroatoms. The molecule has 0 unspecified atom stereocenters. The Morgan fingerprint density at radius 1 is 1.03 bits per heavy atom. The van der Waals surface area contributed by atoms with Crippen LogP contribution in [0.1, 0.15) is 47.1 Å². The molecule has 0 aromatic heterocycles. The van der Waals surface area contributed by atoms with Crippen molar-refractivity contribution in [2.75, 3.05) is 12.9 Å². The summed E-state index contributed by atoms with van der Waals surface area (Å²) >= 11 is 6.86. The number of thiocarbonyl (C=S) groups is 1. The maximum absolute atomic E-state index is 6.79. The van der Waals surface area contributed by atoms with Crippen molar-refractivity contribution in [2.45, 2.75) is 90.2 Å². The second-order valence-corrected chi connectivity index (χ2v) is 16.9. The molecule has 1 aromatic carbocycles. The molecule has 3 atom stereocenters. The summed E-state index contributed by atoms with van der Waals surface area (Å²) in [4.78, 5) is 0. The maximum Gasteiger partial charge on any atom is 0.220 e. The number of hydrogen-bond donors (Lipinski definition) is 0. The summed E-state index contributed by atoms with van der Waals surface area (Å²) in [6.45, 7) is 18.4. The van der Waals surface area contributed by atoms with Crippen molar-refractivity contribution in [3.05, 3.63) is 47.5 Å². The van der Waals surface area contributed by atoms with Crippen LogP contribution >= 0.6 is 24.0 Å². The molecule has 2 rings (SSSR count). The summed E-state index contributed by atoms with van der Waals surface area (Å²) in [5, 5.41) is 0.0817. The van der Waals surface area contributed by atoms with E-state index in [9.17, 15) is 0 Å². The zero-order valence-electron chi connectivity index (χ0n) is 21.1. The Bertz CT molecular complexity index is 781. The molecule has 0 heterocycles. The molecule has 4 nitrogen and oxygen atoms in total. The predicted molar refractivity (Wildman–Crippen MR) is 142 cm³/mol. The molecule has 0 N–H and O–H groups in total. The average Bonchev–Trinajstić information content (AvgIpc) is 2.96. The van der Waals surface area contributed by atoms with Crippen molar-refractivity contribution in [1.29, 1.82) is 0 Å². The zero-order chi connectivity index (χ0) is 24.2. The normalized spacial score (nSPS) is 22.0. The van der Waals surface area contributed by atoms with Crippen LogP contribution in [0.5, 0.6) is 0 Å². The maximum atomic E-state index is 6.79. The summed E-state index contributed by atoms with van der Waals surface area (Å²) < 4.78 is 26.1. The molecule has 0 saturated carbocycles. The predicted octanol–water partition coefficient (Wildman–Crippen LogP) is 6.75. The summed E-state index contributed by atoms with van der Waals surface area (Å²) in [6.07, 6.45) is 3.22. The van der Waals surface area contributed by atoms with Crippen LogP contribution in [0.4, 0.5) is 0 Å². The fourth-order valence-electron chi connectivity index (χ4n) is 3.20. The smallest absolute Gasteiger partial charge is 0.220 e. The van der Waals surface area contributed by atoms with E-state index in [2.05, 4.69) is 72.8 Å². The zero-order valence-corrected chi connectivity index (χ0v) is 23.7. The lowest BCUT2D eigenvalue weighted by atomic mass is 10.1. The Morgan fingerprint density at radius 2 is 1.66 bits per heavy atom. The number of rotatable bonds is 8. The van der Waals surface area contributed by atoms with Gasteiger partial charge in [-0.3, -0.25) is 0 Å². The molecular weight excluding hydrogens is 456 g/mol. The van der Waals surface area contributed by atoms with Gasteiger partial charge in [-0.05, 0) is 74.6 Å². The van der Waals surface area contributed by atoms with Gasteiger partial charge in [0, 0.05) is 0 Å². The van der Waals surface area contributed by atoms with Crippen LogP contribution in [0.2, 0.25) is 18.1 Å². The second-order valence-electron chi connectivity index (χ2n) is 10.8. The van der Waals surface area contributed by atoms with Crippen molar-refractivity contribution in [3.8, 4) is 0 Å². The number of benzene rings is 1.